The van der Waals surface area contributed by atoms with E-state index in [2.05, 4.69) is 31.4 Å². The Bertz CT molecular complexity index is 700. The number of non-ortho nitro benzene ring substituents is 1. The highest BCUT2D eigenvalue weighted by molar-refractivity contribution is 9.09. The predicted molar refractivity (Wildman–Crippen MR) is 88.2 cm³/mol. The molecule has 1 N–H and O–H groups in total. The van der Waals surface area contributed by atoms with Crippen molar-refractivity contribution in [1.29, 1.82) is 0 Å². The number of nitrogens with zero attached hydrogens (tertiary/aromatic N) is 3. The molecular formula is C13H11BrN4O3S. The minimum Gasteiger partial charge on any atom is -0.297 e. The van der Waals surface area contributed by atoms with Crippen LogP contribution in [0.1, 0.15) is 10.6 Å². The van der Waals surface area contributed by atoms with Crippen molar-refractivity contribution in [3.8, 4) is 0 Å². The molecule has 0 spiro atoms. The second-order valence-corrected chi connectivity index (χ2v) is 5.97. The lowest BCUT2D eigenvalue weighted by Gasteiger charge is -1.95. The predicted octanol–water partition coefficient (Wildman–Crippen LogP) is 3.04. The topological polar surface area (TPSA) is 98.0 Å². The normalized spacial score (nSPS) is 10.8. The van der Waals surface area contributed by atoms with Crippen LogP contribution in [0.2, 0.25) is 0 Å². The van der Waals surface area contributed by atoms with Crippen molar-refractivity contribution in [3.63, 3.8) is 0 Å². The third kappa shape index (κ3) is 4.71. The fourth-order valence-corrected chi connectivity index (χ4v) is 2.89. The molecule has 9 heteroatoms. The number of halogens is 1. The number of nitro groups is 1. The molecule has 0 aliphatic heterocycles. The molecule has 0 saturated carbocycles. The fourth-order valence-electron chi connectivity index (χ4n) is 1.51. The van der Waals surface area contributed by atoms with Gasteiger partial charge in [0, 0.05) is 30.0 Å². The summed E-state index contributed by atoms with van der Waals surface area (Å²) in [5.74, 6) is -0.333. The van der Waals surface area contributed by atoms with Crippen molar-refractivity contribution in [2.75, 3.05) is 10.6 Å². The van der Waals surface area contributed by atoms with Crippen LogP contribution in [0, 0.1) is 10.1 Å². The number of hydrogen-bond acceptors (Lipinski definition) is 6. The first-order valence-electron chi connectivity index (χ1n) is 6.20. The van der Waals surface area contributed by atoms with Gasteiger partial charge in [-0.2, -0.15) is 0 Å². The van der Waals surface area contributed by atoms with E-state index in [4.69, 9.17) is 0 Å². The first kappa shape index (κ1) is 16.2. The SMILES string of the molecule is O=C(/C=C/c1ccc([N+](=O)[O-])cc1)Nc1nnc(CCBr)s1. The van der Waals surface area contributed by atoms with Crippen LogP contribution in [-0.2, 0) is 11.2 Å². The monoisotopic (exact) mass is 382 g/mol. The highest BCUT2D eigenvalue weighted by Crippen LogP contribution is 2.16. The number of anilines is 1. The number of nitrogens with one attached hydrogen (secondary N) is 1. The Kier molecular flexibility index (Phi) is 5.73. The lowest BCUT2D eigenvalue weighted by Crippen LogP contribution is -2.07. The molecule has 1 amide bonds. The van der Waals surface area contributed by atoms with Crippen molar-refractivity contribution >= 4 is 50.1 Å². The molecule has 7 nitrogen and oxygen atoms in total. The number of aryl methyl sites for hydroxylation is 1. The number of benzene rings is 1. The molecule has 0 aliphatic rings. The first-order valence-corrected chi connectivity index (χ1v) is 8.14. The molecule has 1 heterocycles. The van der Waals surface area contributed by atoms with Gasteiger partial charge in [-0.15, -0.1) is 10.2 Å². The van der Waals surface area contributed by atoms with Crippen LogP contribution in [0.4, 0.5) is 10.8 Å². The second kappa shape index (κ2) is 7.76. The second-order valence-electron chi connectivity index (χ2n) is 4.11. The van der Waals surface area contributed by atoms with Gasteiger partial charge in [-0.05, 0) is 23.8 Å². The van der Waals surface area contributed by atoms with Crippen molar-refractivity contribution in [1.82, 2.24) is 10.2 Å². The molecule has 2 rings (SSSR count). The smallest absolute Gasteiger partial charge is 0.269 e. The summed E-state index contributed by atoms with van der Waals surface area (Å²) in [6.07, 6.45) is 3.67. The molecule has 1 aromatic heterocycles. The van der Waals surface area contributed by atoms with E-state index in [1.54, 1.807) is 18.2 Å². The zero-order valence-electron chi connectivity index (χ0n) is 11.2. The quantitative estimate of drug-likeness (QED) is 0.358. The summed E-state index contributed by atoms with van der Waals surface area (Å²) in [4.78, 5) is 21.8. The van der Waals surface area contributed by atoms with E-state index in [0.29, 0.717) is 10.7 Å². The third-order valence-electron chi connectivity index (χ3n) is 2.54. The summed E-state index contributed by atoms with van der Waals surface area (Å²) in [6, 6.07) is 5.91. The maximum absolute atomic E-state index is 11.8. The number of amides is 1. The van der Waals surface area contributed by atoms with Crippen molar-refractivity contribution in [2.24, 2.45) is 0 Å². The molecule has 0 aliphatic carbocycles. The summed E-state index contributed by atoms with van der Waals surface area (Å²) >= 11 is 4.63. The van der Waals surface area contributed by atoms with E-state index in [-0.39, 0.29) is 11.6 Å². The number of alkyl halides is 1. The molecule has 1 aromatic carbocycles. The third-order valence-corrected chi connectivity index (χ3v) is 3.83. The summed E-state index contributed by atoms with van der Waals surface area (Å²) in [5, 5.41) is 23.0. The van der Waals surface area contributed by atoms with E-state index < -0.39 is 4.92 Å². The van der Waals surface area contributed by atoms with Crippen LogP contribution < -0.4 is 5.32 Å². The number of carbonyl (C=O) groups excluding carboxylic acids is 1. The number of nitro benzene ring substituents is 1. The molecule has 2 aromatic rings. The molecule has 0 radical (unpaired) electrons. The van der Waals surface area contributed by atoms with E-state index in [1.807, 2.05) is 0 Å². The lowest BCUT2D eigenvalue weighted by atomic mass is 10.2. The van der Waals surface area contributed by atoms with Gasteiger partial charge in [0.25, 0.3) is 5.69 Å². The summed E-state index contributed by atoms with van der Waals surface area (Å²) in [5.41, 5.74) is 0.702. The van der Waals surface area contributed by atoms with Crippen molar-refractivity contribution in [3.05, 3.63) is 51.0 Å². The van der Waals surface area contributed by atoms with E-state index in [0.717, 1.165) is 16.8 Å². The maximum atomic E-state index is 11.8. The molecule has 0 fully saturated rings. The molecule has 0 saturated heterocycles. The molecule has 0 bridgehead atoms. The Balaban J connectivity index is 1.94. The van der Waals surface area contributed by atoms with Crippen LogP contribution >= 0.6 is 27.3 Å². The summed E-state index contributed by atoms with van der Waals surface area (Å²) < 4.78 is 0. The molecule has 0 unspecified atom stereocenters. The fraction of sp³-hybridized carbons (Fsp3) is 0.154. The standard InChI is InChI=1S/C13H11BrN4O3S/c14-8-7-12-16-17-13(22-12)15-11(19)6-3-9-1-4-10(5-2-9)18(20)21/h1-6H,7-8H2,(H,15,17,19)/b6-3+. The van der Waals surface area contributed by atoms with Gasteiger partial charge in [-0.3, -0.25) is 20.2 Å². The average molecular weight is 383 g/mol. The molecule has 22 heavy (non-hydrogen) atoms. The summed E-state index contributed by atoms with van der Waals surface area (Å²) in [7, 11) is 0. The van der Waals surface area contributed by atoms with Crippen molar-refractivity contribution < 1.29 is 9.72 Å². The molecular weight excluding hydrogens is 372 g/mol. The van der Waals surface area contributed by atoms with Crippen LogP contribution in [0.5, 0.6) is 0 Å². The van der Waals surface area contributed by atoms with Gasteiger partial charge in [0.15, 0.2) is 0 Å². The summed E-state index contributed by atoms with van der Waals surface area (Å²) in [6.45, 7) is 0. The van der Waals surface area contributed by atoms with Gasteiger partial charge in [0.05, 0.1) is 4.92 Å². The van der Waals surface area contributed by atoms with E-state index in [9.17, 15) is 14.9 Å². The van der Waals surface area contributed by atoms with Gasteiger partial charge in [-0.25, -0.2) is 0 Å². The van der Waals surface area contributed by atoms with E-state index >= 15 is 0 Å². The van der Waals surface area contributed by atoms with Gasteiger partial charge in [0.1, 0.15) is 5.01 Å². The Hall–Kier alpha value is -2.13. The highest BCUT2D eigenvalue weighted by atomic mass is 79.9. The zero-order chi connectivity index (χ0) is 15.9. The highest BCUT2D eigenvalue weighted by Gasteiger charge is 2.06. The minimum absolute atomic E-state index is 0.00906. The van der Waals surface area contributed by atoms with Crippen LogP contribution in [0.3, 0.4) is 0 Å². The van der Waals surface area contributed by atoms with Crippen LogP contribution in [-0.4, -0.2) is 26.4 Å². The number of rotatable bonds is 6. The Labute approximate surface area is 138 Å². The number of aromatic nitrogens is 2. The van der Waals surface area contributed by atoms with Gasteiger partial charge in [-0.1, -0.05) is 27.3 Å². The number of hydrogen-bond donors (Lipinski definition) is 1. The molecule has 0 atom stereocenters. The zero-order valence-corrected chi connectivity index (χ0v) is 13.6. The van der Waals surface area contributed by atoms with Gasteiger partial charge >= 0.3 is 0 Å². The van der Waals surface area contributed by atoms with Crippen LogP contribution in [0.25, 0.3) is 6.08 Å². The average Bonchev–Trinajstić information content (AvgIpc) is 2.93. The molecule has 114 valence electrons. The van der Waals surface area contributed by atoms with Crippen LogP contribution in [0.15, 0.2) is 30.3 Å². The first-order chi connectivity index (χ1) is 10.6. The Morgan fingerprint density at radius 3 is 2.73 bits per heavy atom. The largest absolute Gasteiger partial charge is 0.297 e. The Morgan fingerprint density at radius 2 is 2.09 bits per heavy atom. The van der Waals surface area contributed by atoms with Gasteiger partial charge in [0.2, 0.25) is 11.0 Å². The lowest BCUT2D eigenvalue weighted by molar-refractivity contribution is -0.384. The van der Waals surface area contributed by atoms with Gasteiger partial charge < -0.3 is 0 Å². The Morgan fingerprint density at radius 1 is 1.36 bits per heavy atom. The van der Waals surface area contributed by atoms with Crippen molar-refractivity contribution in [2.45, 2.75) is 6.42 Å². The number of carbonyl (C=O) groups is 1. The minimum atomic E-state index is -0.472. The van der Waals surface area contributed by atoms with E-state index in [1.165, 1.54) is 29.5 Å². The maximum Gasteiger partial charge on any atom is 0.269 e.